The largest absolute Gasteiger partial charge is 0.458 e. The molecular weight excluding hydrogens is 224 g/mol. The fraction of sp³-hybridized carbons (Fsp3) is 0.438. The van der Waals surface area contributed by atoms with Crippen LogP contribution in [0.5, 0.6) is 0 Å². The van der Waals surface area contributed by atoms with E-state index in [1.54, 1.807) is 0 Å². The lowest BCUT2D eigenvalue weighted by molar-refractivity contribution is -0.151. The Morgan fingerprint density at radius 3 is 2.39 bits per heavy atom. The van der Waals surface area contributed by atoms with Gasteiger partial charge in [-0.25, -0.2) is 0 Å². The maximum absolute atomic E-state index is 11.6. The standard InChI is InChI=1S/C16H22O2/c1-12(2)15(18-16(17)13(3)4)11-10-14-8-6-5-7-9-14/h5-9,13,15H,1,10-11H2,2-4H3/t15-/m1/s1. The highest BCUT2D eigenvalue weighted by molar-refractivity contribution is 5.71. The zero-order chi connectivity index (χ0) is 13.5. The monoisotopic (exact) mass is 246 g/mol. The Morgan fingerprint density at radius 1 is 1.28 bits per heavy atom. The van der Waals surface area contributed by atoms with E-state index in [-0.39, 0.29) is 18.0 Å². The number of aryl methyl sites for hydroxylation is 1. The molecule has 0 aliphatic carbocycles. The first-order valence-electron chi connectivity index (χ1n) is 6.40. The van der Waals surface area contributed by atoms with Crippen LogP contribution >= 0.6 is 0 Å². The van der Waals surface area contributed by atoms with Gasteiger partial charge in [0.1, 0.15) is 6.10 Å². The van der Waals surface area contributed by atoms with Crippen LogP contribution in [0.3, 0.4) is 0 Å². The third-order valence-electron chi connectivity index (χ3n) is 2.82. The van der Waals surface area contributed by atoms with E-state index in [4.69, 9.17) is 4.74 Å². The normalized spacial score (nSPS) is 12.2. The summed E-state index contributed by atoms with van der Waals surface area (Å²) in [6, 6.07) is 10.2. The van der Waals surface area contributed by atoms with Crippen LogP contribution in [0.15, 0.2) is 42.5 Å². The minimum absolute atomic E-state index is 0.0939. The molecule has 0 radical (unpaired) electrons. The summed E-state index contributed by atoms with van der Waals surface area (Å²) in [6.45, 7) is 9.49. The van der Waals surface area contributed by atoms with Crippen molar-refractivity contribution in [1.29, 1.82) is 0 Å². The van der Waals surface area contributed by atoms with Gasteiger partial charge < -0.3 is 4.74 Å². The first-order valence-corrected chi connectivity index (χ1v) is 6.40. The average molecular weight is 246 g/mol. The number of hydrogen-bond acceptors (Lipinski definition) is 2. The van der Waals surface area contributed by atoms with Gasteiger partial charge in [0.05, 0.1) is 5.92 Å². The van der Waals surface area contributed by atoms with Crippen LogP contribution in [-0.4, -0.2) is 12.1 Å². The molecule has 0 saturated carbocycles. The first kappa shape index (κ1) is 14.5. The average Bonchev–Trinajstić information content (AvgIpc) is 2.34. The molecule has 1 aromatic rings. The molecular formula is C16H22O2. The van der Waals surface area contributed by atoms with E-state index < -0.39 is 0 Å². The summed E-state index contributed by atoms with van der Waals surface area (Å²) in [7, 11) is 0. The highest BCUT2D eigenvalue weighted by Crippen LogP contribution is 2.15. The Morgan fingerprint density at radius 2 is 1.89 bits per heavy atom. The summed E-state index contributed by atoms with van der Waals surface area (Å²) < 4.78 is 5.46. The van der Waals surface area contributed by atoms with Crippen molar-refractivity contribution in [2.24, 2.45) is 5.92 Å². The van der Waals surface area contributed by atoms with E-state index in [1.165, 1.54) is 5.56 Å². The SMILES string of the molecule is C=C(C)[C@@H](CCc1ccccc1)OC(=O)C(C)C. The van der Waals surface area contributed by atoms with Crippen molar-refractivity contribution in [3.63, 3.8) is 0 Å². The second-order valence-corrected chi connectivity index (χ2v) is 4.95. The Kier molecular flexibility index (Phi) is 5.63. The molecule has 0 amide bonds. The van der Waals surface area contributed by atoms with Gasteiger partial charge in [0.15, 0.2) is 0 Å². The molecule has 0 unspecified atom stereocenters. The van der Waals surface area contributed by atoms with Gasteiger partial charge in [0.25, 0.3) is 0 Å². The molecule has 2 heteroatoms. The summed E-state index contributed by atoms with van der Waals surface area (Å²) in [5.74, 6) is -0.250. The molecule has 98 valence electrons. The zero-order valence-electron chi connectivity index (χ0n) is 11.5. The van der Waals surface area contributed by atoms with E-state index >= 15 is 0 Å². The van der Waals surface area contributed by atoms with Gasteiger partial charge in [-0.05, 0) is 30.9 Å². The number of benzene rings is 1. The summed E-state index contributed by atoms with van der Waals surface area (Å²) in [6.07, 6.45) is 1.50. The van der Waals surface area contributed by atoms with E-state index in [0.717, 1.165) is 18.4 Å². The van der Waals surface area contributed by atoms with E-state index in [1.807, 2.05) is 39.0 Å². The summed E-state index contributed by atoms with van der Waals surface area (Å²) in [5, 5.41) is 0. The molecule has 0 aliphatic heterocycles. The van der Waals surface area contributed by atoms with Crippen LogP contribution in [0.2, 0.25) is 0 Å². The van der Waals surface area contributed by atoms with Crippen LogP contribution in [-0.2, 0) is 16.0 Å². The van der Waals surface area contributed by atoms with Crippen molar-refractivity contribution in [2.45, 2.75) is 39.7 Å². The summed E-state index contributed by atoms with van der Waals surface area (Å²) in [4.78, 5) is 11.6. The summed E-state index contributed by atoms with van der Waals surface area (Å²) >= 11 is 0. The number of hydrogen-bond donors (Lipinski definition) is 0. The van der Waals surface area contributed by atoms with Gasteiger partial charge in [0, 0.05) is 0 Å². The number of rotatable bonds is 6. The molecule has 0 spiro atoms. The molecule has 0 N–H and O–H groups in total. The van der Waals surface area contributed by atoms with Crippen LogP contribution in [0.1, 0.15) is 32.8 Å². The third kappa shape index (κ3) is 4.74. The van der Waals surface area contributed by atoms with Gasteiger partial charge in [0.2, 0.25) is 0 Å². The zero-order valence-corrected chi connectivity index (χ0v) is 11.5. The highest BCUT2D eigenvalue weighted by Gasteiger charge is 2.17. The molecule has 2 nitrogen and oxygen atoms in total. The van der Waals surface area contributed by atoms with Gasteiger partial charge in [-0.1, -0.05) is 50.8 Å². The number of esters is 1. The van der Waals surface area contributed by atoms with Crippen LogP contribution < -0.4 is 0 Å². The molecule has 1 aromatic carbocycles. The molecule has 1 atom stereocenters. The second kappa shape index (κ2) is 7.00. The fourth-order valence-electron chi connectivity index (χ4n) is 1.62. The Bertz CT molecular complexity index is 393. The maximum Gasteiger partial charge on any atom is 0.308 e. The molecule has 0 saturated heterocycles. The second-order valence-electron chi connectivity index (χ2n) is 4.95. The van der Waals surface area contributed by atoms with Crippen LogP contribution in [0, 0.1) is 5.92 Å². The Labute approximate surface area is 110 Å². The van der Waals surface area contributed by atoms with Crippen molar-refractivity contribution in [3.8, 4) is 0 Å². The Balaban J connectivity index is 2.54. The quantitative estimate of drug-likeness (QED) is 0.564. The molecule has 0 fully saturated rings. The maximum atomic E-state index is 11.6. The van der Waals surface area contributed by atoms with Crippen LogP contribution in [0.25, 0.3) is 0 Å². The predicted molar refractivity (Wildman–Crippen MR) is 74.3 cm³/mol. The smallest absolute Gasteiger partial charge is 0.308 e. The lowest BCUT2D eigenvalue weighted by Gasteiger charge is -2.19. The summed E-state index contributed by atoms with van der Waals surface area (Å²) in [5.41, 5.74) is 2.16. The predicted octanol–water partition coefficient (Wildman–Crippen LogP) is 3.76. The number of carbonyl (C=O) groups is 1. The van der Waals surface area contributed by atoms with Gasteiger partial charge in [-0.15, -0.1) is 0 Å². The number of carbonyl (C=O) groups excluding carboxylic acids is 1. The van der Waals surface area contributed by atoms with Gasteiger partial charge in [-0.3, -0.25) is 4.79 Å². The number of ether oxygens (including phenoxy) is 1. The lowest BCUT2D eigenvalue weighted by atomic mass is 10.0. The minimum atomic E-state index is -0.180. The first-order chi connectivity index (χ1) is 8.50. The van der Waals surface area contributed by atoms with Gasteiger partial charge in [-0.2, -0.15) is 0 Å². The molecule has 0 heterocycles. The lowest BCUT2D eigenvalue weighted by Crippen LogP contribution is -2.23. The van der Waals surface area contributed by atoms with Gasteiger partial charge >= 0.3 is 5.97 Å². The van der Waals surface area contributed by atoms with E-state index in [0.29, 0.717) is 0 Å². The molecule has 0 aromatic heterocycles. The van der Waals surface area contributed by atoms with Crippen molar-refractivity contribution < 1.29 is 9.53 Å². The molecule has 0 aliphatic rings. The van der Waals surface area contributed by atoms with Crippen molar-refractivity contribution >= 4 is 5.97 Å². The van der Waals surface area contributed by atoms with Crippen LogP contribution in [0.4, 0.5) is 0 Å². The molecule has 0 bridgehead atoms. The van der Waals surface area contributed by atoms with E-state index in [9.17, 15) is 4.79 Å². The topological polar surface area (TPSA) is 26.3 Å². The molecule has 1 rings (SSSR count). The Hall–Kier alpha value is -1.57. The minimum Gasteiger partial charge on any atom is -0.458 e. The van der Waals surface area contributed by atoms with Crippen molar-refractivity contribution in [1.82, 2.24) is 0 Å². The van der Waals surface area contributed by atoms with Crippen molar-refractivity contribution in [2.75, 3.05) is 0 Å². The highest BCUT2D eigenvalue weighted by atomic mass is 16.5. The third-order valence-corrected chi connectivity index (χ3v) is 2.82. The van der Waals surface area contributed by atoms with Crippen molar-refractivity contribution in [3.05, 3.63) is 48.0 Å². The fourth-order valence-corrected chi connectivity index (χ4v) is 1.62. The molecule has 18 heavy (non-hydrogen) atoms. The van der Waals surface area contributed by atoms with E-state index in [2.05, 4.69) is 18.7 Å².